The van der Waals surface area contributed by atoms with Gasteiger partial charge in [-0.1, -0.05) is 6.92 Å². The highest BCUT2D eigenvalue weighted by molar-refractivity contribution is 7.99. The van der Waals surface area contributed by atoms with E-state index in [1.807, 2.05) is 17.3 Å². The average Bonchev–Trinajstić information content (AvgIpc) is 3.23. The fourth-order valence-electron chi connectivity index (χ4n) is 2.14. The van der Waals surface area contributed by atoms with Crippen molar-refractivity contribution in [2.45, 2.75) is 37.9 Å². The maximum atomic E-state index is 5.86. The second kappa shape index (κ2) is 10.9. The second-order valence-corrected chi connectivity index (χ2v) is 7.96. The van der Waals surface area contributed by atoms with Crippen LogP contribution in [-0.4, -0.2) is 42.9 Å². The monoisotopic (exact) mass is 355 g/mol. The minimum atomic E-state index is 0.439. The summed E-state index contributed by atoms with van der Waals surface area (Å²) in [6.45, 7) is 6.03. The normalized spacial score (nSPS) is 16.5. The number of guanidine groups is 1. The third kappa shape index (κ3) is 8.04. The Morgan fingerprint density at radius 2 is 2.39 bits per heavy atom. The molecule has 4 N–H and O–H groups in total. The first kappa shape index (κ1) is 18.5. The van der Waals surface area contributed by atoms with Crippen LogP contribution in [0.4, 0.5) is 0 Å². The van der Waals surface area contributed by atoms with Gasteiger partial charge in [0.2, 0.25) is 0 Å². The maximum absolute atomic E-state index is 5.86. The molecule has 0 bridgehead atoms. The number of aliphatic imine (C=N–C) groups is 1. The molecule has 1 fully saturated rings. The van der Waals surface area contributed by atoms with Gasteiger partial charge in [0, 0.05) is 25.0 Å². The van der Waals surface area contributed by atoms with Crippen molar-refractivity contribution in [3.05, 3.63) is 16.6 Å². The second-order valence-electron chi connectivity index (χ2n) is 5.93. The molecule has 1 atom stereocenters. The fraction of sp³-hybridized carbons (Fsp3) is 0.750. The van der Waals surface area contributed by atoms with Gasteiger partial charge in [0.1, 0.15) is 0 Å². The average molecular weight is 356 g/mol. The van der Waals surface area contributed by atoms with Crippen molar-refractivity contribution in [1.29, 1.82) is 0 Å². The van der Waals surface area contributed by atoms with Crippen LogP contribution in [0.3, 0.4) is 0 Å². The summed E-state index contributed by atoms with van der Waals surface area (Å²) in [5, 5.41) is 9.31. The summed E-state index contributed by atoms with van der Waals surface area (Å²) in [5.41, 5.74) is 8.98. The van der Waals surface area contributed by atoms with E-state index in [0.717, 1.165) is 50.7 Å². The standard InChI is InChI=1S/C16H29N5S2/c1-2-6-18-10-15(14-11-22-12-21-14)23-8-3-7-19-16(17)20-9-13-4-5-13/h11-13,15,18H,2-10H2,1H3,(H3,17,19,20). The van der Waals surface area contributed by atoms with Gasteiger partial charge in [-0.05, 0) is 43.9 Å². The molecular weight excluding hydrogens is 326 g/mol. The summed E-state index contributed by atoms with van der Waals surface area (Å²) in [7, 11) is 0. The first-order valence-corrected chi connectivity index (χ1v) is 10.5. The highest BCUT2D eigenvalue weighted by Gasteiger charge is 2.20. The summed E-state index contributed by atoms with van der Waals surface area (Å²) in [4.78, 5) is 8.84. The number of nitrogens with one attached hydrogen (secondary N) is 2. The summed E-state index contributed by atoms with van der Waals surface area (Å²) >= 11 is 3.64. The molecule has 130 valence electrons. The summed E-state index contributed by atoms with van der Waals surface area (Å²) in [5.74, 6) is 2.49. The number of rotatable bonds is 12. The first-order valence-electron chi connectivity index (χ1n) is 8.53. The molecule has 0 saturated heterocycles. The van der Waals surface area contributed by atoms with E-state index in [1.165, 1.54) is 18.5 Å². The van der Waals surface area contributed by atoms with Crippen LogP contribution in [0.2, 0.25) is 0 Å². The fourth-order valence-corrected chi connectivity index (χ4v) is 3.96. The van der Waals surface area contributed by atoms with E-state index < -0.39 is 0 Å². The summed E-state index contributed by atoms with van der Waals surface area (Å²) in [6.07, 6.45) is 4.88. The molecule has 1 heterocycles. The van der Waals surface area contributed by atoms with Crippen molar-refractivity contribution in [1.82, 2.24) is 15.6 Å². The quantitative estimate of drug-likeness (QED) is 0.305. The molecule has 1 aliphatic rings. The van der Waals surface area contributed by atoms with Gasteiger partial charge < -0.3 is 16.4 Å². The van der Waals surface area contributed by atoms with E-state index in [0.29, 0.717) is 11.2 Å². The highest BCUT2D eigenvalue weighted by atomic mass is 32.2. The third-order valence-corrected chi connectivity index (χ3v) is 5.64. The zero-order valence-electron chi connectivity index (χ0n) is 14.0. The molecule has 7 heteroatoms. The first-order chi connectivity index (χ1) is 11.3. The number of hydrogen-bond acceptors (Lipinski definition) is 5. The van der Waals surface area contributed by atoms with Gasteiger partial charge in [-0.2, -0.15) is 11.8 Å². The number of nitrogens with two attached hydrogens (primary N) is 1. The van der Waals surface area contributed by atoms with E-state index in [-0.39, 0.29) is 0 Å². The number of aromatic nitrogens is 1. The van der Waals surface area contributed by atoms with E-state index in [9.17, 15) is 0 Å². The number of hydrogen-bond donors (Lipinski definition) is 3. The van der Waals surface area contributed by atoms with Gasteiger partial charge in [0.05, 0.1) is 16.5 Å². The Morgan fingerprint density at radius 1 is 1.52 bits per heavy atom. The largest absolute Gasteiger partial charge is 0.370 e. The summed E-state index contributed by atoms with van der Waals surface area (Å²) in [6, 6.07) is 0. The molecule has 5 nitrogen and oxygen atoms in total. The SMILES string of the molecule is CCCNCC(SCCCNC(N)=NCC1CC1)c1cscn1. The Bertz CT molecular complexity index is 445. The van der Waals surface area contributed by atoms with Crippen molar-refractivity contribution in [3.63, 3.8) is 0 Å². The molecule has 0 aliphatic heterocycles. The summed E-state index contributed by atoms with van der Waals surface area (Å²) < 4.78 is 0. The van der Waals surface area contributed by atoms with Crippen LogP contribution in [0.25, 0.3) is 0 Å². The Hall–Kier alpha value is -0.790. The number of thiazole rings is 1. The molecule has 0 aromatic carbocycles. The number of thioether (sulfide) groups is 1. The minimum absolute atomic E-state index is 0.439. The van der Waals surface area contributed by atoms with Crippen molar-refractivity contribution in [2.75, 3.05) is 31.9 Å². The Morgan fingerprint density at radius 3 is 3.09 bits per heavy atom. The molecule has 2 rings (SSSR count). The van der Waals surface area contributed by atoms with Crippen LogP contribution >= 0.6 is 23.1 Å². The zero-order chi connectivity index (χ0) is 16.3. The van der Waals surface area contributed by atoms with Gasteiger partial charge in [-0.25, -0.2) is 4.98 Å². The molecule has 1 saturated carbocycles. The van der Waals surface area contributed by atoms with Gasteiger partial charge in [-0.15, -0.1) is 11.3 Å². The lowest BCUT2D eigenvalue weighted by atomic mass is 10.3. The predicted molar refractivity (Wildman–Crippen MR) is 102 cm³/mol. The van der Waals surface area contributed by atoms with Crippen molar-refractivity contribution >= 4 is 29.1 Å². The van der Waals surface area contributed by atoms with Crippen molar-refractivity contribution < 1.29 is 0 Å². The molecule has 0 spiro atoms. The molecule has 0 radical (unpaired) electrons. The van der Waals surface area contributed by atoms with E-state index in [1.54, 1.807) is 11.3 Å². The van der Waals surface area contributed by atoms with Crippen LogP contribution < -0.4 is 16.4 Å². The Labute approximate surface area is 147 Å². The smallest absolute Gasteiger partial charge is 0.188 e. The molecular formula is C16H29N5S2. The van der Waals surface area contributed by atoms with Crippen LogP contribution in [0.5, 0.6) is 0 Å². The molecule has 1 aliphatic carbocycles. The van der Waals surface area contributed by atoms with Gasteiger partial charge in [0.15, 0.2) is 5.96 Å². The predicted octanol–water partition coefficient (Wildman–Crippen LogP) is 2.62. The lowest BCUT2D eigenvalue weighted by molar-refractivity contribution is 0.659. The number of nitrogens with zero attached hydrogens (tertiary/aromatic N) is 2. The van der Waals surface area contributed by atoms with E-state index >= 15 is 0 Å². The van der Waals surface area contributed by atoms with Crippen LogP contribution in [0, 0.1) is 5.92 Å². The van der Waals surface area contributed by atoms with Crippen LogP contribution in [0.15, 0.2) is 15.9 Å². The zero-order valence-corrected chi connectivity index (χ0v) is 15.6. The third-order valence-electron chi connectivity index (χ3n) is 3.70. The van der Waals surface area contributed by atoms with Crippen LogP contribution in [0.1, 0.15) is 43.6 Å². The Kier molecular flexibility index (Phi) is 8.78. The van der Waals surface area contributed by atoms with Crippen molar-refractivity contribution in [3.8, 4) is 0 Å². The van der Waals surface area contributed by atoms with E-state index in [4.69, 9.17) is 5.73 Å². The topological polar surface area (TPSA) is 75.3 Å². The molecule has 1 unspecified atom stereocenters. The Balaban J connectivity index is 1.60. The van der Waals surface area contributed by atoms with Crippen LogP contribution in [-0.2, 0) is 0 Å². The lowest BCUT2D eigenvalue weighted by Crippen LogP contribution is -2.33. The van der Waals surface area contributed by atoms with Crippen molar-refractivity contribution in [2.24, 2.45) is 16.6 Å². The molecule has 0 amide bonds. The lowest BCUT2D eigenvalue weighted by Gasteiger charge is -2.15. The maximum Gasteiger partial charge on any atom is 0.188 e. The molecule has 23 heavy (non-hydrogen) atoms. The van der Waals surface area contributed by atoms with Gasteiger partial charge >= 0.3 is 0 Å². The van der Waals surface area contributed by atoms with Gasteiger partial charge in [0.25, 0.3) is 0 Å². The van der Waals surface area contributed by atoms with E-state index in [2.05, 4.69) is 32.9 Å². The molecule has 1 aromatic heterocycles. The highest BCUT2D eigenvalue weighted by Crippen LogP contribution is 2.29. The van der Waals surface area contributed by atoms with Gasteiger partial charge in [-0.3, -0.25) is 4.99 Å². The molecule has 1 aromatic rings. The minimum Gasteiger partial charge on any atom is -0.370 e.